The van der Waals surface area contributed by atoms with Gasteiger partial charge in [0, 0.05) is 71.9 Å². The van der Waals surface area contributed by atoms with Gasteiger partial charge in [-0.1, -0.05) is 62.0 Å². The number of carbonyl (C=O) groups is 7. The number of nitrogens with zero attached hydrogens (tertiary/aromatic N) is 4. The second-order valence-electron chi connectivity index (χ2n) is 18.0. The van der Waals surface area contributed by atoms with Gasteiger partial charge in [0.1, 0.15) is 29.2 Å². The summed E-state index contributed by atoms with van der Waals surface area (Å²) in [5.74, 6) is 1.14. The molecular formula is C46H64N12O8S2. The van der Waals surface area contributed by atoms with Crippen LogP contribution >= 0.6 is 22.7 Å². The van der Waals surface area contributed by atoms with Crippen LogP contribution in [0.25, 0.3) is 0 Å². The van der Waals surface area contributed by atoms with Crippen LogP contribution in [0.3, 0.4) is 0 Å². The highest BCUT2D eigenvalue weighted by molar-refractivity contribution is 7.16. The van der Waals surface area contributed by atoms with Gasteiger partial charge in [-0.15, -0.1) is 22.7 Å². The molecule has 8 heterocycles. The van der Waals surface area contributed by atoms with Gasteiger partial charge < -0.3 is 31.0 Å². The molecule has 20 nitrogen and oxygen atoms in total. The number of nitrogens with one attached hydrogen (secondary N) is 8. The van der Waals surface area contributed by atoms with E-state index in [1.807, 2.05) is 20.0 Å². The molecular weight excluding hydrogens is 913 g/mol. The Balaban J connectivity index is 0.000000169. The number of rotatable bonds is 12. The molecule has 3 aromatic rings. The number of aliphatic imine (C=N–C) groups is 1. The first kappa shape index (κ1) is 52.7. The van der Waals surface area contributed by atoms with Crippen LogP contribution in [0.4, 0.5) is 16.0 Å². The number of piperidine rings is 4. The lowest BCUT2D eigenvalue weighted by Crippen LogP contribution is -2.50. The van der Waals surface area contributed by atoms with Crippen LogP contribution in [0.2, 0.25) is 0 Å². The molecule has 5 aliphatic rings. The van der Waals surface area contributed by atoms with E-state index in [1.54, 1.807) is 41.3 Å². The molecule has 0 spiro atoms. The predicted octanol–water partition coefficient (Wildman–Crippen LogP) is 5.69. The first-order valence-corrected chi connectivity index (χ1v) is 24.6. The minimum atomic E-state index is -0.430. The van der Waals surface area contributed by atoms with Crippen molar-refractivity contribution < 1.29 is 38.0 Å². The van der Waals surface area contributed by atoms with Gasteiger partial charge in [-0.2, -0.15) is 0 Å². The molecule has 8 rings (SSSR count). The Morgan fingerprint density at radius 2 is 1.13 bits per heavy atom. The highest BCUT2D eigenvalue weighted by atomic mass is 32.1. The van der Waals surface area contributed by atoms with Crippen LogP contribution in [-0.4, -0.2) is 86.2 Å². The minimum Gasteiger partial charge on any atom is -0.425 e. The zero-order valence-corrected chi connectivity index (χ0v) is 41.5. The van der Waals surface area contributed by atoms with Crippen molar-refractivity contribution in [2.24, 2.45) is 10.9 Å². The maximum absolute atomic E-state index is 11.7. The largest absolute Gasteiger partial charge is 0.425 e. The molecule has 0 bridgehead atoms. The molecule has 22 heteroatoms. The number of hydrogen-bond acceptors (Lipinski definition) is 18. The van der Waals surface area contributed by atoms with Crippen molar-refractivity contribution in [3.8, 4) is 0 Å². The van der Waals surface area contributed by atoms with Gasteiger partial charge in [0.05, 0.1) is 17.4 Å². The summed E-state index contributed by atoms with van der Waals surface area (Å²) in [6, 6.07) is -1.25. The fourth-order valence-electron chi connectivity index (χ4n) is 6.87. The van der Waals surface area contributed by atoms with Gasteiger partial charge in [0.25, 0.3) is 0 Å². The average Bonchev–Trinajstić information content (AvgIpc) is 4.12. The van der Waals surface area contributed by atoms with E-state index < -0.39 is 6.04 Å². The van der Waals surface area contributed by atoms with E-state index in [0.717, 1.165) is 51.5 Å². The quantitative estimate of drug-likeness (QED) is 0.101. The summed E-state index contributed by atoms with van der Waals surface area (Å²) < 4.78 is 5.44. The van der Waals surface area contributed by atoms with Gasteiger partial charge in [-0.25, -0.2) is 15.0 Å². The van der Waals surface area contributed by atoms with Gasteiger partial charge in [-0.3, -0.25) is 54.5 Å². The Labute approximate surface area is 404 Å². The molecule has 5 aliphatic heterocycles. The number of allylic oxidation sites excluding steroid dienone is 2. The standard InChI is InChI=1S/C12H17N3O2.C12H17N3OS.C11H15N3O3.C11H15N3O2S/c1-7(2)10-5-8(6-13-10)14-9-3-4-11(16)15-12(9)17;1-7(2)12-13-6-10(17-12)15-9-5-4-8(3)14-11(9)16;1-6(2)11-12-5-9(17-11)13-7-3-4-8(15)14-10(7)16;1-6(2)8-5-12-11(17-8)13-7-3-4-9(15)14-10(7)16/h6-7,9,14H,3-5H2,1-2H3,(H,15,16,17);6-7,9,15H,3-5H2,1-2H3,(H,14,16);5-7,13H,3-4H2,1-2H3,(H,14,15,16);5-7H,3-4H2,1-2H3,(H,12,13)(H,14,15,16). The molecule has 4 saturated heterocycles. The second-order valence-corrected chi connectivity index (χ2v) is 20.2. The summed E-state index contributed by atoms with van der Waals surface area (Å²) in [6.07, 6.45) is 12.0. The second kappa shape index (κ2) is 24.6. The maximum Gasteiger partial charge on any atom is 0.249 e. The lowest BCUT2D eigenvalue weighted by atomic mass is 10.0. The van der Waals surface area contributed by atoms with Crippen LogP contribution in [-0.2, 0) is 33.6 Å². The summed E-state index contributed by atoms with van der Waals surface area (Å²) in [6.45, 7) is 20.3. The van der Waals surface area contributed by atoms with Crippen molar-refractivity contribution in [3.05, 3.63) is 58.5 Å². The van der Waals surface area contributed by atoms with E-state index in [4.69, 9.17) is 4.42 Å². The van der Waals surface area contributed by atoms with Crippen molar-refractivity contribution in [3.63, 3.8) is 0 Å². The molecule has 0 saturated carbocycles. The van der Waals surface area contributed by atoms with Crippen LogP contribution in [0.1, 0.15) is 147 Å². The smallest absolute Gasteiger partial charge is 0.249 e. The van der Waals surface area contributed by atoms with E-state index in [0.29, 0.717) is 68.1 Å². The molecule has 0 radical (unpaired) electrons. The fraction of sp³-hybridized carbons (Fsp3) is 0.543. The lowest BCUT2D eigenvalue weighted by molar-refractivity contribution is -0.135. The molecule has 8 N–H and O–H groups in total. The van der Waals surface area contributed by atoms with Crippen molar-refractivity contribution in [2.45, 2.75) is 155 Å². The zero-order chi connectivity index (χ0) is 49.7. The van der Waals surface area contributed by atoms with E-state index in [9.17, 15) is 33.6 Å². The summed E-state index contributed by atoms with van der Waals surface area (Å²) in [5.41, 5.74) is 2.89. The molecule has 4 fully saturated rings. The van der Waals surface area contributed by atoms with Crippen LogP contribution in [0.15, 0.2) is 52.2 Å². The topological polar surface area (TPSA) is 280 Å². The third kappa shape index (κ3) is 15.9. The molecule has 7 amide bonds. The monoisotopic (exact) mass is 976 g/mol. The van der Waals surface area contributed by atoms with Crippen LogP contribution in [0.5, 0.6) is 0 Å². The molecule has 368 valence electrons. The fourth-order valence-corrected chi connectivity index (χ4v) is 8.62. The Morgan fingerprint density at radius 1 is 0.588 bits per heavy atom. The van der Waals surface area contributed by atoms with Crippen LogP contribution < -0.4 is 42.5 Å². The van der Waals surface area contributed by atoms with Gasteiger partial charge >= 0.3 is 0 Å². The minimum absolute atomic E-state index is 0.000692. The first-order valence-electron chi connectivity index (χ1n) is 22.9. The Bertz CT molecular complexity index is 2190. The maximum atomic E-state index is 11.7. The summed E-state index contributed by atoms with van der Waals surface area (Å²) in [7, 11) is 0. The normalized spacial score (nSPS) is 21.5. The number of carbonyl (C=O) groups excluding carboxylic acids is 7. The Kier molecular flexibility index (Phi) is 19.1. The van der Waals surface area contributed by atoms with Crippen molar-refractivity contribution >= 4 is 85.8 Å². The summed E-state index contributed by atoms with van der Waals surface area (Å²) in [5, 5.41) is 24.9. The summed E-state index contributed by atoms with van der Waals surface area (Å²) >= 11 is 3.16. The molecule has 4 unspecified atom stereocenters. The average molecular weight is 977 g/mol. The molecule has 0 aromatic carbocycles. The number of oxazole rings is 1. The first-order chi connectivity index (χ1) is 32.2. The number of thiazole rings is 2. The van der Waals surface area contributed by atoms with E-state index in [2.05, 4.69) is 111 Å². The van der Waals surface area contributed by atoms with E-state index in [-0.39, 0.29) is 65.4 Å². The van der Waals surface area contributed by atoms with Crippen molar-refractivity contribution in [1.82, 2.24) is 41.5 Å². The van der Waals surface area contributed by atoms with Gasteiger partial charge in [0.15, 0.2) is 11.0 Å². The van der Waals surface area contributed by atoms with Crippen molar-refractivity contribution in [1.29, 1.82) is 0 Å². The Hall–Kier alpha value is -6.29. The van der Waals surface area contributed by atoms with Crippen molar-refractivity contribution in [2.75, 3.05) is 16.0 Å². The van der Waals surface area contributed by atoms with E-state index >= 15 is 0 Å². The number of anilines is 3. The highest BCUT2D eigenvalue weighted by Crippen LogP contribution is 2.28. The number of imide groups is 3. The number of aromatic nitrogens is 3. The third-order valence-electron chi connectivity index (χ3n) is 10.9. The van der Waals surface area contributed by atoms with Crippen LogP contribution in [0, 0.1) is 5.92 Å². The Morgan fingerprint density at radius 3 is 1.60 bits per heavy atom. The summed E-state index contributed by atoms with van der Waals surface area (Å²) in [4.78, 5) is 97.4. The molecule has 0 aliphatic carbocycles. The molecule has 3 aromatic heterocycles. The van der Waals surface area contributed by atoms with Gasteiger partial charge in [-0.05, 0) is 43.9 Å². The van der Waals surface area contributed by atoms with E-state index in [1.165, 1.54) is 4.88 Å². The lowest BCUT2D eigenvalue weighted by Gasteiger charge is -2.24. The highest BCUT2D eigenvalue weighted by Gasteiger charge is 2.30. The SMILES string of the molecule is C=C1CCC(Nc2cnc(C(C)C)s2)C(=O)N1.CC(C)C1=NC=C(NC2CCC(=O)NC2=O)C1.CC(C)c1cnc(NC2CCC(=O)NC2=O)s1.CC(C)c1ncc(NC2CCC(=O)NC2=O)o1. The predicted molar refractivity (Wildman–Crippen MR) is 261 cm³/mol. The zero-order valence-electron chi connectivity index (χ0n) is 39.9. The third-order valence-corrected chi connectivity index (χ3v) is 13.4. The molecule has 4 atom stereocenters. The number of hydrogen-bond donors (Lipinski definition) is 8. The molecule has 68 heavy (non-hydrogen) atoms. The van der Waals surface area contributed by atoms with Gasteiger partial charge in [0.2, 0.25) is 47.2 Å². The number of amides is 7.